The van der Waals surface area contributed by atoms with Gasteiger partial charge in [-0.25, -0.2) is 8.42 Å². The number of carbonyl (C=O) groups is 1. The maximum atomic E-state index is 12.3. The summed E-state index contributed by atoms with van der Waals surface area (Å²) in [5, 5.41) is 3.53. The third-order valence-corrected chi connectivity index (χ3v) is 5.08. The normalized spacial score (nSPS) is 12.5. The second-order valence-corrected chi connectivity index (χ2v) is 7.78. The summed E-state index contributed by atoms with van der Waals surface area (Å²) in [4.78, 5) is 12.3. The molecule has 2 aromatic rings. The Morgan fingerprint density at radius 3 is 2.21 bits per heavy atom. The van der Waals surface area contributed by atoms with E-state index in [0.29, 0.717) is 16.3 Å². The van der Waals surface area contributed by atoms with Crippen molar-refractivity contribution in [1.82, 2.24) is 5.32 Å². The standard InChI is InChI=1S/C17H19ClN2O3S/c1-3-24(22,23)20-16-10-6-14(7-11-16)17(21)19-12(2)13-4-8-15(18)9-5-13/h4-12,20H,3H2,1-2H3,(H,19,21)/t12-/m0/s1. The third kappa shape index (κ3) is 4.97. The number of benzene rings is 2. The van der Waals surface area contributed by atoms with Crippen LogP contribution in [0.2, 0.25) is 5.02 Å². The van der Waals surface area contributed by atoms with E-state index in [4.69, 9.17) is 11.6 Å². The molecule has 0 aliphatic carbocycles. The number of halogens is 1. The topological polar surface area (TPSA) is 75.3 Å². The molecule has 1 atom stereocenters. The molecule has 0 fully saturated rings. The van der Waals surface area contributed by atoms with E-state index < -0.39 is 10.0 Å². The summed E-state index contributed by atoms with van der Waals surface area (Å²) in [5.41, 5.74) is 1.83. The van der Waals surface area contributed by atoms with Crippen molar-refractivity contribution in [3.63, 3.8) is 0 Å². The Labute approximate surface area is 147 Å². The van der Waals surface area contributed by atoms with E-state index >= 15 is 0 Å². The number of amides is 1. The molecule has 128 valence electrons. The summed E-state index contributed by atoms with van der Waals surface area (Å²) in [5.74, 6) is -0.240. The van der Waals surface area contributed by atoms with Crippen LogP contribution >= 0.6 is 11.6 Å². The summed E-state index contributed by atoms with van der Waals surface area (Å²) < 4.78 is 25.5. The molecule has 0 saturated carbocycles. The lowest BCUT2D eigenvalue weighted by molar-refractivity contribution is 0.0940. The Bertz CT molecular complexity index is 803. The van der Waals surface area contributed by atoms with Crippen molar-refractivity contribution in [2.45, 2.75) is 19.9 Å². The zero-order chi connectivity index (χ0) is 17.7. The molecule has 0 unspecified atom stereocenters. The highest BCUT2D eigenvalue weighted by atomic mass is 35.5. The van der Waals surface area contributed by atoms with Gasteiger partial charge in [-0.1, -0.05) is 23.7 Å². The van der Waals surface area contributed by atoms with Crippen LogP contribution in [-0.4, -0.2) is 20.1 Å². The molecule has 1 amide bonds. The fourth-order valence-electron chi connectivity index (χ4n) is 2.06. The van der Waals surface area contributed by atoms with Crippen LogP contribution in [0.15, 0.2) is 48.5 Å². The fourth-order valence-corrected chi connectivity index (χ4v) is 2.82. The fraction of sp³-hybridized carbons (Fsp3) is 0.235. The molecular weight excluding hydrogens is 348 g/mol. The zero-order valence-corrected chi connectivity index (χ0v) is 15.0. The first-order valence-electron chi connectivity index (χ1n) is 7.47. The van der Waals surface area contributed by atoms with Crippen molar-refractivity contribution in [3.05, 3.63) is 64.7 Å². The van der Waals surface area contributed by atoms with E-state index in [1.54, 1.807) is 43.3 Å². The molecule has 0 spiro atoms. The molecule has 5 nitrogen and oxygen atoms in total. The molecule has 2 N–H and O–H groups in total. The minimum absolute atomic E-state index is 0.00611. The van der Waals surface area contributed by atoms with Gasteiger partial charge in [0.25, 0.3) is 5.91 Å². The average molecular weight is 367 g/mol. The van der Waals surface area contributed by atoms with Gasteiger partial charge in [-0.05, 0) is 55.8 Å². The lowest BCUT2D eigenvalue weighted by Gasteiger charge is -2.15. The number of nitrogens with one attached hydrogen (secondary N) is 2. The Hall–Kier alpha value is -2.05. The second-order valence-electron chi connectivity index (χ2n) is 5.33. The Balaban J connectivity index is 2.03. The third-order valence-electron chi connectivity index (χ3n) is 3.52. The summed E-state index contributed by atoms with van der Waals surface area (Å²) >= 11 is 5.85. The van der Waals surface area contributed by atoms with Crippen LogP contribution in [-0.2, 0) is 10.0 Å². The SMILES string of the molecule is CCS(=O)(=O)Nc1ccc(C(=O)N[C@@H](C)c2ccc(Cl)cc2)cc1. The minimum atomic E-state index is -3.33. The second kappa shape index (κ2) is 7.68. The molecule has 0 heterocycles. The van der Waals surface area contributed by atoms with Crippen molar-refractivity contribution < 1.29 is 13.2 Å². The van der Waals surface area contributed by atoms with E-state index in [1.807, 2.05) is 19.1 Å². The summed E-state index contributed by atoms with van der Waals surface area (Å²) in [6.45, 7) is 3.44. The molecule has 0 aliphatic heterocycles. The van der Waals surface area contributed by atoms with Crippen LogP contribution in [0.4, 0.5) is 5.69 Å². The van der Waals surface area contributed by atoms with Gasteiger partial charge in [0, 0.05) is 16.3 Å². The minimum Gasteiger partial charge on any atom is -0.346 e. The highest BCUT2D eigenvalue weighted by Gasteiger charge is 2.12. The van der Waals surface area contributed by atoms with Crippen molar-refractivity contribution >= 4 is 33.2 Å². The molecule has 0 saturated heterocycles. The van der Waals surface area contributed by atoms with Crippen molar-refractivity contribution in [2.24, 2.45) is 0 Å². The smallest absolute Gasteiger partial charge is 0.251 e. The van der Waals surface area contributed by atoms with Crippen LogP contribution < -0.4 is 10.0 Å². The first-order chi connectivity index (χ1) is 11.3. The molecule has 0 radical (unpaired) electrons. The van der Waals surface area contributed by atoms with E-state index in [0.717, 1.165) is 5.56 Å². The van der Waals surface area contributed by atoms with Gasteiger partial charge in [0.05, 0.1) is 11.8 Å². The Kier molecular flexibility index (Phi) is 5.85. The van der Waals surface area contributed by atoms with Gasteiger partial charge in [0.2, 0.25) is 10.0 Å². The molecule has 24 heavy (non-hydrogen) atoms. The highest BCUT2D eigenvalue weighted by Crippen LogP contribution is 2.17. The van der Waals surface area contributed by atoms with Gasteiger partial charge in [0.1, 0.15) is 0 Å². The highest BCUT2D eigenvalue weighted by molar-refractivity contribution is 7.92. The van der Waals surface area contributed by atoms with Crippen molar-refractivity contribution in [1.29, 1.82) is 0 Å². The largest absolute Gasteiger partial charge is 0.346 e. The lowest BCUT2D eigenvalue weighted by atomic mass is 10.1. The molecule has 0 aromatic heterocycles. The van der Waals surface area contributed by atoms with E-state index in [2.05, 4.69) is 10.0 Å². The molecule has 7 heteroatoms. The molecule has 2 rings (SSSR count). The number of sulfonamides is 1. The van der Waals surface area contributed by atoms with Crippen LogP contribution in [0.1, 0.15) is 35.8 Å². The number of carbonyl (C=O) groups excluding carboxylic acids is 1. The Morgan fingerprint density at radius 1 is 1.08 bits per heavy atom. The van der Waals surface area contributed by atoms with Gasteiger partial charge < -0.3 is 5.32 Å². The maximum absolute atomic E-state index is 12.3. The van der Waals surface area contributed by atoms with Gasteiger partial charge >= 0.3 is 0 Å². The van der Waals surface area contributed by atoms with E-state index in [9.17, 15) is 13.2 Å². The van der Waals surface area contributed by atoms with Crippen molar-refractivity contribution in [3.8, 4) is 0 Å². The summed E-state index contributed by atoms with van der Waals surface area (Å²) in [7, 11) is -3.33. The first kappa shape index (κ1) is 18.3. The van der Waals surface area contributed by atoms with Crippen LogP contribution in [0.25, 0.3) is 0 Å². The average Bonchev–Trinajstić information content (AvgIpc) is 2.55. The number of hydrogen-bond acceptors (Lipinski definition) is 3. The van der Waals surface area contributed by atoms with Crippen LogP contribution in [0, 0.1) is 0 Å². The van der Waals surface area contributed by atoms with Crippen LogP contribution in [0.3, 0.4) is 0 Å². The maximum Gasteiger partial charge on any atom is 0.251 e. The van der Waals surface area contributed by atoms with Gasteiger partial charge in [-0.3, -0.25) is 9.52 Å². The first-order valence-corrected chi connectivity index (χ1v) is 9.50. The molecule has 0 bridgehead atoms. The van der Waals surface area contributed by atoms with Gasteiger partial charge in [-0.15, -0.1) is 0 Å². The van der Waals surface area contributed by atoms with Gasteiger partial charge in [-0.2, -0.15) is 0 Å². The lowest BCUT2D eigenvalue weighted by Crippen LogP contribution is -2.26. The summed E-state index contributed by atoms with van der Waals surface area (Å²) in [6, 6.07) is 13.4. The van der Waals surface area contributed by atoms with E-state index in [-0.39, 0.29) is 17.7 Å². The Morgan fingerprint density at radius 2 is 1.67 bits per heavy atom. The van der Waals surface area contributed by atoms with Gasteiger partial charge in [0.15, 0.2) is 0 Å². The number of hydrogen-bond donors (Lipinski definition) is 2. The van der Waals surface area contributed by atoms with Crippen molar-refractivity contribution in [2.75, 3.05) is 10.5 Å². The molecule has 0 aliphatic rings. The number of anilines is 1. The predicted octanol–water partition coefficient (Wildman–Crippen LogP) is 3.59. The number of rotatable bonds is 6. The van der Waals surface area contributed by atoms with Crippen LogP contribution in [0.5, 0.6) is 0 Å². The zero-order valence-electron chi connectivity index (χ0n) is 13.4. The molecule has 2 aromatic carbocycles. The predicted molar refractivity (Wildman–Crippen MR) is 96.9 cm³/mol. The quantitative estimate of drug-likeness (QED) is 0.820. The monoisotopic (exact) mass is 366 g/mol. The van der Waals surface area contributed by atoms with E-state index in [1.165, 1.54) is 0 Å². The summed E-state index contributed by atoms with van der Waals surface area (Å²) in [6.07, 6.45) is 0. The molecular formula is C17H19ClN2O3S.